The van der Waals surface area contributed by atoms with Crippen molar-refractivity contribution in [2.45, 2.75) is 26.2 Å². The topological polar surface area (TPSA) is 37.8 Å². The van der Waals surface area contributed by atoms with Gasteiger partial charge in [0.2, 0.25) is 0 Å². The molecule has 0 atom stereocenters. The number of unbranched alkanes of at least 4 members (excludes halogenated alkanes) is 2. The molecule has 0 saturated carbocycles. The van der Waals surface area contributed by atoms with Crippen LogP contribution in [-0.4, -0.2) is 28.5 Å². The number of hydrogen-bond acceptors (Lipinski definition) is 4. The van der Waals surface area contributed by atoms with Crippen molar-refractivity contribution < 1.29 is 0 Å². The fourth-order valence-corrected chi connectivity index (χ4v) is 2.10. The second kappa shape index (κ2) is 7.74. The molecule has 0 amide bonds. The zero-order valence-corrected chi connectivity index (χ0v) is 11.4. The maximum Gasteiger partial charge on any atom is 0.134 e. The minimum atomic E-state index is 0.498. The van der Waals surface area contributed by atoms with Gasteiger partial charge < -0.3 is 5.32 Å². The van der Waals surface area contributed by atoms with E-state index in [9.17, 15) is 0 Å². The first-order valence-electron chi connectivity index (χ1n) is 5.46. The molecule has 90 valence electrons. The second-order valence-corrected chi connectivity index (χ2v) is 4.98. The van der Waals surface area contributed by atoms with E-state index in [2.05, 4.69) is 21.5 Å². The van der Waals surface area contributed by atoms with Gasteiger partial charge >= 0.3 is 0 Å². The lowest BCUT2D eigenvalue weighted by Crippen LogP contribution is -2.04. The molecule has 0 aliphatic carbocycles. The highest BCUT2D eigenvalue weighted by atomic mass is 35.5. The van der Waals surface area contributed by atoms with E-state index in [1.807, 2.05) is 18.7 Å². The smallest absolute Gasteiger partial charge is 0.134 e. The molecule has 0 bridgehead atoms. The van der Waals surface area contributed by atoms with Crippen LogP contribution in [0.15, 0.2) is 6.07 Å². The Hall–Kier alpha value is -0.480. The van der Waals surface area contributed by atoms with E-state index in [1.54, 1.807) is 6.07 Å². The average molecular weight is 260 g/mol. The van der Waals surface area contributed by atoms with Gasteiger partial charge in [-0.3, -0.25) is 0 Å². The molecule has 0 radical (unpaired) electrons. The lowest BCUT2D eigenvalue weighted by atomic mass is 10.2. The number of aryl methyl sites for hydroxylation is 1. The van der Waals surface area contributed by atoms with E-state index in [-0.39, 0.29) is 0 Å². The van der Waals surface area contributed by atoms with Gasteiger partial charge in [0.1, 0.15) is 16.8 Å². The number of nitrogens with one attached hydrogen (secondary N) is 1. The molecule has 5 heteroatoms. The summed E-state index contributed by atoms with van der Waals surface area (Å²) in [6, 6.07) is 1.76. The number of halogens is 1. The molecular weight excluding hydrogens is 242 g/mol. The quantitative estimate of drug-likeness (QED) is 0.602. The normalized spacial score (nSPS) is 10.4. The second-order valence-electron chi connectivity index (χ2n) is 3.60. The summed E-state index contributed by atoms with van der Waals surface area (Å²) in [5, 5.41) is 3.76. The van der Waals surface area contributed by atoms with E-state index in [0.29, 0.717) is 11.0 Å². The van der Waals surface area contributed by atoms with Crippen molar-refractivity contribution in [1.29, 1.82) is 0 Å². The summed E-state index contributed by atoms with van der Waals surface area (Å²) < 4.78 is 0. The van der Waals surface area contributed by atoms with Crippen LogP contribution >= 0.6 is 23.4 Å². The lowest BCUT2D eigenvalue weighted by Gasteiger charge is -2.06. The monoisotopic (exact) mass is 259 g/mol. The van der Waals surface area contributed by atoms with Gasteiger partial charge in [-0.15, -0.1) is 0 Å². The van der Waals surface area contributed by atoms with Gasteiger partial charge in [-0.1, -0.05) is 18.0 Å². The minimum absolute atomic E-state index is 0.498. The summed E-state index contributed by atoms with van der Waals surface area (Å²) in [5.74, 6) is 2.78. The summed E-state index contributed by atoms with van der Waals surface area (Å²) in [4.78, 5) is 8.27. The van der Waals surface area contributed by atoms with Crippen LogP contribution in [0.2, 0.25) is 5.15 Å². The number of hydrogen-bond donors (Lipinski definition) is 1. The van der Waals surface area contributed by atoms with E-state index in [0.717, 1.165) is 12.4 Å². The molecule has 16 heavy (non-hydrogen) atoms. The standard InChI is InChI=1S/C11H18ClN3S/c1-9-14-10(12)8-11(15-9)13-6-4-3-5-7-16-2/h8H,3-7H2,1-2H3,(H,13,14,15). The van der Waals surface area contributed by atoms with Crippen molar-refractivity contribution in [3.63, 3.8) is 0 Å². The number of aromatic nitrogens is 2. The van der Waals surface area contributed by atoms with Crippen LogP contribution in [0.4, 0.5) is 5.82 Å². The molecular formula is C11H18ClN3S. The molecule has 0 saturated heterocycles. The highest BCUT2D eigenvalue weighted by Crippen LogP contribution is 2.11. The van der Waals surface area contributed by atoms with Crippen LogP contribution in [0, 0.1) is 6.92 Å². The molecule has 0 fully saturated rings. The van der Waals surface area contributed by atoms with Crippen LogP contribution in [0.3, 0.4) is 0 Å². The predicted molar refractivity (Wildman–Crippen MR) is 72.5 cm³/mol. The number of nitrogens with zero attached hydrogens (tertiary/aromatic N) is 2. The van der Waals surface area contributed by atoms with Gasteiger partial charge in [0.05, 0.1) is 0 Å². The fraction of sp³-hybridized carbons (Fsp3) is 0.636. The molecule has 1 aromatic rings. The molecule has 1 heterocycles. The zero-order chi connectivity index (χ0) is 11.8. The maximum absolute atomic E-state index is 5.84. The number of anilines is 1. The van der Waals surface area contributed by atoms with E-state index >= 15 is 0 Å². The zero-order valence-electron chi connectivity index (χ0n) is 9.79. The van der Waals surface area contributed by atoms with Gasteiger partial charge in [0, 0.05) is 12.6 Å². The molecule has 1 N–H and O–H groups in total. The average Bonchev–Trinajstić information content (AvgIpc) is 2.22. The summed E-state index contributed by atoms with van der Waals surface area (Å²) in [6.07, 6.45) is 5.85. The molecule has 0 unspecified atom stereocenters. The van der Waals surface area contributed by atoms with Crippen molar-refractivity contribution >= 4 is 29.2 Å². The summed E-state index contributed by atoms with van der Waals surface area (Å²) in [6.45, 7) is 2.79. The first-order chi connectivity index (χ1) is 7.72. The Bertz CT molecular complexity index is 300. The maximum atomic E-state index is 5.84. The largest absolute Gasteiger partial charge is 0.370 e. The van der Waals surface area contributed by atoms with Crippen LogP contribution in [-0.2, 0) is 0 Å². The van der Waals surface area contributed by atoms with Gasteiger partial charge in [-0.05, 0) is 31.8 Å². The van der Waals surface area contributed by atoms with Crippen LogP contribution in [0.1, 0.15) is 25.1 Å². The number of rotatable bonds is 7. The van der Waals surface area contributed by atoms with E-state index in [1.165, 1.54) is 25.0 Å². The van der Waals surface area contributed by atoms with Gasteiger partial charge in [-0.25, -0.2) is 9.97 Å². The summed E-state index contributed by atoms with van der Waals surface area (Å²) in [7, 11) is 0. The van der Waals surface area contributed by atoms with Crippen LogP contribution in [0.25, 0.3) is 0 Å². The van der Waals surface area contributed by atoms with Crippen molar-refractivity contribution in [2.75, 3.05) is 23.9 Å². The van der Waals surface area contributed by atoms with Crippen molar-refractivity contribution in [3.05, 3.63) is 17.0 Å². The van der Waals surface area contributed by atoms with Gasteiger partial charge in [-0.2, -0.15) is 11.8 Å². The summed E-state index contributed by atoms with van der Waals surface area (Å²) in [5.41, 5.74) is 0. The Morgan fingerprint density at radius 2 is 2.12 bits per heavy atom. The molecule has 0 aliphatic heterocycles. The Morgan fingerprint density at radius 1 is 1.31 bits per heavy atom. The molecule has 1 rings (SSSR count). The molecule has 1 aromatic heterocycles. The third kappa shape index (κ3) is 5.56. The minimum Gasteiger partial charge on any atom is -0.370 e. The Balaban J connectivity index is 2.21. The Labute approximate surface area is 106 Å². The van der Waals surface area contributed by atoms with Gasteiger partial charge in [0.25, 0.3) is 0 Å². The summed E-state index contributed by atoms with van der Waals surface area (Å²) >= 11 is 7.74. The van der Waals surface area contributed by atoms with Crippen molar-refractivity contribution in [2.24, 2.45) is 0 Å². The predicted octanol–water partition coefficient (Wildman–Crippen LogP) is 3.38. The molecule has 0 aromatic carbocycles. The fourth-order valence-electron chi connectivity index (χ4n) is 1.39. The van der Waals surface area contributed by atoms with Crippen LogP contribution in [0.5, 0.6) is 0 Å². The Kier molecular flexibility index (Phi) is 6.57. The lowest BCUT2D eigenvalue weighted by molar-refractivity contribution is 0.747. The molecule has 0 aliphatic rings. The molecule has 3 nitrogen and oxygen atoms in total. The van der Waals surface area contributed by atoms with Crippen molar-refractivity contribution in [3.8, 4) is 0 Å². The third-order valence-electron chi connectivity index (χ3n) is 2.14. The van der Waals surface area contributed by atoms with Gasteiger partial charge in [0.15, 0.2) is 0 Å². The highest BCUT2D eigenvalue weighted by molar-refractivity contribution is 7.98. The van der Waals surface area contributed by atoms with E-state index in [4.69, 9.17) is 11.6 Å². The first-order valence-corrected chi connectivity index (χ1v) is 7.23. The third-order valence-corrected chi connectivity index (χ3v) is 3.03. The number of thioether (sulfide) groups is 1. The van der Waals surface area contributed by atoms with Crippen molar-refractivity contribution in [1.82, 2.24) is 9.97 Å². The SMILES string of the molecule is CSCCCCCNc1cc(Cl)nc(C)n1. The van der Waals surface area contributed by atoms with E-state index < -0.39 is 0 Å². The Morgan fingerprint density at radius 3 is 2.81 bits per heavy atom. The van der Waals surface area contributed by atoms with Crippen LogP contribution < -0.4 is 5.32 Å². The molecule has 0 spiro atoms. The highest BCUT2D eigenvalue weighted by Gasteiger charge is 1.98. The first kappa shape index (κ1) is 13.6.